The van der Waals surface area contributed by atoms with Crippen molar-refractivity contribution in [3.63, 3.8) is 0 Å². The second-order valence-corrected chi connectivity index (χ2v) is 11.9. The van der Waals surface area contributed by atoms with E-state index in [2.05, 4.69) is 5.32 Å². The standard InChI is InChI=1S/C28H38Cl4N6O2/c1-17-15-38(28(40)26(35)12-19-5-7-21(30)14-24(19)32)22(3-2-9-36-10-8-33)16-37(17)27(39)25(34)11-18-4-6-20(29)13-23(18)31/h4-7,13-14,17,22,25-26,36H,2-3,8-12,15-16,33-35H2,1H3/t17-,22+,25-,26-/m1/s1. The molecular weight excluding hydrogens is 594 g/mol. The average Bonchev–Trinajstić information content (AvgIpc) is 2.91. The third-order valence-electron chi connectivity index (χ3n) is 7.16. The van der Waals surface area contributed by atoms with Crippen LogP contribution in [0.4, 0.5) is 0 Å². The number of rotatable bonds is 12. The summed E-state index contributed by atoms with van der Waals surface area (Å²) in [6, 6.07) is 8.25. The van der Waals surface area contributed by atoms with Crippen molar-refractivity contribution in [3.8, 4) is 0 Å². The lowest BCUT2D eigenvalue weighted by molar-refractivity contribution is -0.148. The first kappa shape index (κ1) is 32.9. The predicted octanol–water partition coefficient (Wildman–Crippen LogP) is 3.50. The van der Waals surface area contributed by atoms with Gasteiger partial charge < -0.3 is 32.3 Å². The van der Waals surface area contributed by atoms with E-state index in [1.54, 1.807) is 41.3 Å². The molecule has 1 aliphatic rings. The van der Waals surface area contributed by atoms with Crippen LogP contribution in [0, 0.1) is 0 Å². The highest BCUT2D eigenvalue weighted by atomic mass is 35.5. The fourth-order valence-electron chi connectivity index (χ4n) is 5.00. The van der Waals surface area contributed by atoms with Crippen molar-refractivity contribution in [3.05, 3.63) is 67.6 Å². The molecule has 12 heteroatoms. The highest BCUT2D eigenvalue weighted by Crippen LogP contribution is 2.26. The second kappa shape index (κ2) is 15.6. The van der Waals surface area contributed by atoms with Gasteiger partial charge in [-0.3, -0.25) is 9.59 Å². The van der Waals surface area contributed by atoms with Crippen LogP contribution in [0.1, 0.15) is 30.9 Å². The number of piperazine rings is 1. The smallest absolute Gasteiger partial charge is 0.240 e. The number of amides is 2. The fraction of sp³-hybridized carbons (Fsp3) is 0.500. The number of carbonyl (C=O) groups excluding carboxylic acids is 2. The summed E-state index contributed by atoms with van der Waals surface area (Å²) in [4.78, 5) is 30.7. The number of hydrogen-bond donors (Lipinski definition) is 4. The van der Waals surface area contributed by atoms with Crippen molar-refractivity contribution in [2.24, 2.45) is 17.2 Å². The van der Waals surface area contributed by atoms with E-state index >= 15 is 0 Å². The van der Waals surface area contributed by atoms with Crippen molar-refractivity contribution in [1.29, 1.82) is 0 Å². The van der Waals surface area contributed by atoms with Gasteiger partial charge in [-0.1, -0.05) is 58.5 Å². The molecule has 0 aliphatic carbocycles. The maximum atomic E-state index is 13.6. The van der Waals surface area contributed by atoms with Gasteiger partial charge >= 0.3 is 0 Å². The normalized spacial score (nSPS) is 19.0. The van der Waals surface area contributed by atoms with Gasteiger partial charge in [0.1, 0.15) is 0 Å². The van der Waals surface area contributed by atoms with Gasteiger partial charge in [0.25, 0.3) is 0 Å². The number of hydrogen-bond acceptors (Lipinski definition) is 6. The van der Waals surface area contributed by atoms with Gasteiger partial charge in [-0.25, -0.2) is 0 Å². The van der Waals surface area contributed by atoms with Crippen molar-refractivity contribution in [2.75, 3.05) is 32.7 Å². The number of halogens is 4. The lowest BCUT2D eigenvalue weighted by Gasteiger charge is -2.47. The first-order valence-corrected chi connectivity index (χ1v) is 14.9. The molecule has 0 aromatic heterocycles. The molecule has 2 amide bonds. The van der Waals surface area contributed by atoms with E-state index in [-0.39, 0.29) is 36.7 Å². The maximum Gasteiger partial charge on any atom is 0.240 e. The summed E-state index contributed by atoms with van der Waals surface area (Å²) in [5, 5.41) is 5.25. The van der Waals surface area contributed by atoms with Crippen LogP contribution in [0.25, 0.3) is 0 Å². The monoisotopic (exact) mass is 630 g/mol. The van der Waals surface area contributed by atoms with Gasteiger partial charge in [0.15, 0.2) is 0 Å². The molecule has 4 atom stereocenters. The van der Waals surface area contributed by atoms with Gasteiger partial charge in [0.2, 0.25) is 11.8 Å². The Morgan fingerprint density at radius 3 is 1.90 bits per heavy atom. The Morgan fingerprint density at radius 1 is 0.875 bits per heavy atom. The molecule has 40 heavy (non-hydrogen) atoms. The minimum absolute atomic E-state index is 0.179. The largest absolute Gasteiger partial charge is 0.335 e. The molecular formula is C28H38Cl4N6O2. The molecule has 7 N–H and O–H groups in total. The maximum absolute atomic E-state index is 13.6. The summed E-state index contributed by atoms with van der Waals surface area (Å²) >= 11 is 24.7. The van der Waals surface area contributed by atoms with Crippen LogP contribution < -0.4 is 22.5 Å². The van der Waals surface area contributed by atoms with Crippen LogP contribution >= 0.6 is 46.4 Å². The first-order valence-electron chi connectivity index (χ1n) is 13.4. The van der Waals surface area contributed by atoms with Crippen LogP contribution in [0.5, 0.6) is 0 Å². The number of nitrogens with zero attached hydrogens (tertiary/aromatic N) is 2. The molecule has 0 bridgehead atoms. The third kappa shape index (κ3) is 8.94. The lowest BCUT2D eigenvalue weighted by atomic mass is 9.97. The van der Waals surface area contributed by atoms with E-state index in [1.165, 1.54) is 0 Å². The molecule has 1 aliphatic heterocycles. The van der Waals surface area contributed by atoms with E-state index in [9.17, 15) is 9.59 Å². The van der Waals surface area contributed by atoms with Gasteiger partial charge in [-0.05, 0) is 74.5 Å². The molecule has 220 valence electrons. The Labute approximate surface area is 256 Å². The quantitative estimate of drug-likeness (QED) is 0.265. The van der Waals surface area contributed by atoms with E-state index in [0.29, 0.717) is 52.7 Å². The van der Waals surface area contributed by atoms with Crippen molar-refractivity contribution in [1.82, 2.24) is 15.1 Å². The van der Waals surface area contributed by atoms with Crippen LogP contribution in [0.3, 0.4) is 0 Å². The summed E-state index contributed by atoms with van der Waals surface area (Å²) in [6.45, 7) is 4.64. The van der Waals surface area contributed by atoms with Gasteiger partial charge in [0.05, 0.1) is 12.1 Å². The number of carbonyl (C=O) groups is 2. The fourth-order valence-corrected chi connectivity index (χ4v) is 5.97. The highest BCUT2D eigenvalue weighted by molar-refractivity contribution is 6.35. The van der Waals surface area contributed by atoms with E-state index in [1.807, 2.05) is 11.8 Å². The Morgan fingerprint density at radius 2 is 1.40 bits per heavy atom. The van der Waals surface area contributed by atoms with E-state index in [4.69, 9.17) is 63.6 Å². The summed E-state index contributed by atoms with van der Waals surface area (Å²) in [5.74, 6) is -0.365. The minimum Gasteiger partial charge on any atom is -0.335 e. The average molecular weight is 632 g/mol. The molecule has 0 unspecified atom stereocenters. The van der Waals surface area contributed by atoms with Crippen LogP contribution in [0.15, 0.2) is 36.4 Å². The second-order valence-electron chi connectivity index (χ2n) is 10.3. The summed E-state index contributed by atoms with van der Waals surface area (Å²) in [7, 11) is 0. The molecule has 0 saturated carbocycles. The van der Waals surface area contributed by atoms with Gasteiger partial charge in [0, 0.05) is 58.4 Å². The molecule has 1 saturated heterocycles. The Balaban J connectivity index is 1.73. The van der Waals surface area contributed by atoms with Crippen molar-refractivity contribution in [2.45, 2.75) is 56.8 Å². The van der Waals surface area contributed by atoms with Gasteiger partial charge in [-0.15, -0.1) is 0 Å². The third-order valence-corrected chi connectivity index (χ3v) is 8.34. The molecule has 2 aromatic rings. The van der Waals surface area contributed by atoms with Crippen LogP contribution in [-0.4, -0.2) is 78.5 Å². The SMILES string of the molecule is C[C@@H]1CN(C(=O)[C@H](N)Cc2ccc(Cl)cc2Cl)[C@@H](CCCNCCN)CN1C(=O)[C@H](N)Cc1ccc(Cl)cc1Cl. The molecule has 1 fully saturated rings. The molecule has 1 heterocycles. The van der Waals surface area contributed by atoms with Gasteiger partial charge in [-0.2, -0.15) is 0 Å². The number of benzene rings is 2. The zero-order valence-corrected chi connectivity index (χ0v) is 25.6. The minimum atomic E-state index is -0.791. The van der Waals surface area contributed by atoms with Crippen LogP contribution in [-0.2, 0) is 22.4 Å². The molecule has 2 aromatic carbocycles. The van der Waals surface area contributed by atoms with E-state index in [0.717, 1.165) is 24.1 Å². The van der Waals surface area contributed by atoms with Crippen molar-refractivity contribution < 1.29 is 9.59 Å². The Kier molecular flexibility index (Phi) is 12.8. The lowest BCUT2D eigenvalue weighted by Crippen LogP contribution is -2.64. The number of nitrogens with one attached hydrogen (secondary N) is 1. The Hall–Kier alpha value is -1.62. The first-order chi connectivity index (χ1) is 19.0. The highest BCUT2D eigenvalue weighted by Gasteiger charge is 2.39. The topological polar surface area (TPSA) is 131 Å². The summed E-state index contributed by atoms with van der Waals surface area (Å²) in [5.41, 5.74) is 19.9. The molecule has 8 nitrogen and oxygen atoms in total. The zero-order chi connectivity index (χ0) is 29.4. The molecule has 0 radical (unpaired) electrons. The van der Waals surface area contributed by atoms with Crippen LogP contribution in [0.2, 0.25) is 20.1 Å². The summed E-state index contributed by atoms with van der Waals surface area (Å²) in [6.07, 6.45) is 2.04. The number of nitrogens with two attached hydrogens (primary N) is 3. The molecule has 3 rings (SSSR count). The summed E-state index contributed by atoms with van der Waals surface area (Å²) < 4.78 is 0. The molecule has 0 spiro atoms. The zero-order valence-electron chi connectivity index (χ0n) is 22.6. The van der Waals surface area contributed by atoms with Crippen molar-refractivity contribution >= 4 is 58.2 Å². The Bertz CT molecular complexity index is 1170. The van der Waals surface area contributed by atoms with E-state index < -0.39 is 12.1 Å². The predicted molar refractivity (Wildman–Crippen MR) is 164 cm³/mol.